The van der Waals surface area contributed by atoms with Crippen LogP contribution in [0.25, 0.3) is 11.4 Å². The zero-order valence-corrected chi connectivity index (χ0v) is 22.4. The topological polar surface area (TPSA) is 59.8 Å². The molecule has 1 N–H and O–H groups in total. The van der Waals surface area contributed by atoms with Crippen LogP contribution in [0.3, 0.4) is 0 Å². The standard InChI is InChI=1S/C29H40N4OS/c1-28(2,3)23-10-8-22(9-11-23)26-31-32-27(33(26)24-6-4-5-7-24)35-18-25(34)30-29-15-19-12-20(16-29)14-21(13-19)17-29/h8-11,19-21,24H,4-7,12-18H2,1-3H3,(H,30,34). The van der Waals surface area contributed by atoms with E-state index in [1.807, 2.05) is 0 Å². The van der Waals surface area contributed by atoms with Gasteiger partial charge in [-0.2, -0.15) is 0 Å². The molecule has 5 aliphatic rings. The van der Waals surface area contributed by atoms with Crippen LogP contribution >= 0.6 is 11.8 Å². The number of amides is 1. The Morgan fingerprint density at radius 2 is 1.60 bits per heavy atom. The molecule has 188 valence electrons. The Morgan fingerprint density at radius 3 is 2.17 bits per heavy atom. The first-order valence-electron chi connectivity index (χ1n) is 13.8. The highest BCUT2D eigenvalue weighted by Gasteiger charge is 2.51. The highest BCUT2D eigenvalue weighted by atomic mass is 32.2. The first kappa shape index (κ1) is 23.6. The second-order valence-corrected chi connectivity index (χ2v) is 13.9. The average molecular weight is 493 g/mol. The number of carbonyl (C=O) groups excluding carboxylic acids is 1. The van der Waals surface area contributed by atoms with Gasteiger partial charge in [-0.25, -0.2) is 0 Å². The van der Waals surface area contributed by atoms with Crippen LogP contribution in [-0.4, -0.2) is 32.0 Å². The number of thioether (sulfide) groups is 1. The molecule has 0 atom stereocenters. The minimum absolute atomic E-state index is 0.0749. The summed E-state index contributed by atoms with van der Waals surface area (Å²) in [5, 5.41) is 13.7. The van der Waals surface area contributed by atoms with Gasteiger partial charge >= 0.3 is 0 Å². The lowest BCUT2D eigenvalue weighted by molar-refractivity contribution is -0.124. The van der Waals surface area contributed by atoms with Crippen molar-refractivity contribution in [2.45, 2.75) is 107 Å². The van der Waals surface area contributed by atoms with Crippen molar-refractivity contribution in [3.05, 3.63) is 29.8 Å². The van der Waals surface area contributed by atoms with Crippen molar-refractivity contribution in [3.63, 3.8) is 0 Å². The molecular formula is C29H40N4OS. The van der Waals surface area contributed by atoms with Crippen LogP contribution in [0, 0.1) is 17.8 Å². The molecule has 5 fully saturated rings. The smallest absolute Gasteiger partial charge is 0.230 e. The van der Waals surface area contributed by atoms with E-state index in [9.17, 15) is 4.79 Å². The summed E-state index contributed by atoms with van der Waals surface area (Å²) in [6, 6.07) is 9.23. The highest BCUT2D eigenvalue weighted by molar-refractivity contribution is 7.99. The first-order valence-corrected chi connectivity index (χ1v) is 14.8. The maximum absolute atomic E-state index is 13.2. The van der Waals surface area contributed by atoms with Gasteiger partial charge in [-0.05, 0) is 80.1 Å². The minimum atomic E-state index is 0.0749. The van der Waals surface area contributed by atoms with Crippen molar-refractivity contribution in [2.75, 3.05) is 5.75 Å². The molecule has 0 unspecified atom stereocenters. The largest absolute Gasteiger partial charge is 0.350 e. The Morgan fingerprint density at radius 1 is 1.00 bits per heavy atom. The quantitative estimate of drug-likeness (QED) is 0.466. The normalized spacial score (nSPS) is 30.2. The van der Waals surface area contributed by atoms with E-state index < -0.39 is 0 Å². The summed E-state index contributed by atoms with van der Waals surface area (Å²) < 4.78 is 2.34. The number of carbonyl (C=O) groups is 1. The highest BCUT2D eigenvalue weighted by Crippen LogP contribution is 2.55. The van der Waals surface area contributed by atoms with Crippen molar-refractivity contribution in [1.29, 1.82) is 0 Å². The van der Waals surface area contributed by atoms with Crippen LogP contribution in [0.15, 0.2) is 29.4 Å². The maximum Gasteiger partial charge on any atom is 0.230 e. The molecule has 0 saturated heterocycles. The summed E-state index contributed by atoms with van der Waals surface area (Å²) in [5.41, 5.74) is 2.64. The maximum atomic E-state index is 13.2. The first-order chi connectivity index (χ1) is 16.8. The lowest BCUT2D eigenvalue weighted by Gasteiger charge is -2.56. The third-order valence-corrected chi connectivity index (χ3v) is 10.1. The van der Waals surface area contributed by atoms with Crippen LogP contribution in [-0.2, 0) is 10.2 Å². The average Bonchev–Trinajstić information content (AvgIpc) is 3.45. The molecule has 6 heteroatoms. The molecule has 5 aliphatic carbocycles. The van der Waals surface area contributed by atoms with Crippen LogP contribution in [0.5, 0.6) is 0 Å². The number of rotatable bonds is 6. The van der Waals surface area contributed by atoms with Gasteiger partial charge in [0, 0.05) is 17.1 Å². The number of aromatic nitrogens is 3. The Kier molecular flexibility index (Phi) is 6.02. The SMILES string of the molecule is CC(C)(C)c1ccc(-c2nnc(SCC(=O)NC34CC5CC(CC(C5)C3)C4)n2C2CCCC2)cc1. The number of hydrogen-bond donors (Lipinski definition) is 1. The van der Waals surface area contributed by atoms with E-state index >= 15 is 0 Å². The number of hydrogen-bond acceptors (Lipinski definition) is 4. The molecule has 1 heterocycles. The van der Waals surface area contributed by atoms with Gasteiger partial charge in [0.1, 0.15) is 0 Å². The molecule has 0 spiro atoms. The van der Waals surface area contributed by atoms with E-state index in [2.05, 4.69) is 65.1 Å². The van der Waals surface area contributed by atoms with Gasteiger partial charge in [-0.15, -0.1) is 10.2 Å². The molecule has 1 aromatic heterocycles. The van der Waals surface area contributed by atoms with Crippen LogP contribution in [0.1, 0.15) is 96.6 Å². The van der Waals surface area contributed by atoms with Gasteiger partial charge in [-0.1, -0.05) is 69.6 Å². The molecule has 4 bridgehead atoms. The van der Waals surface area contributed by atoms with E-state index in [1.54, 1.807) is 11.8 Å². The van der Waals surface area contributed by atoms with Crippen LogP contribution in [0.4, 0.5) is 0 Å². The van der Waals surface area contributed by atoms with E-state index in [-0.39, 0.29) is 16.9 Å². The Balaban J connectivity index is 1.18. The van der Waals surface area contributed by atoms with Crippen molar-refractivity contribution >= 4 is 17.7 Å². The van der Waals surface area contributed by atoms with Gasteiger partial charge in [0.05, 0.1) is 5.75 Å². The van der Waals surface area contributed by atoms with E-state index in [1.165, 1.54) is 56.9 Å². The Labute approximate surface area is 214 Å². The van der Waals surface area contributed by atoms with Gasteiger partial charge < -0.3 is 5.32 Å². The Bertz CT molecular complexity index is 1040. The molecule has 5 saturated carbocycles. The fraction of sp³-hybridized carbons (Fsp3) is 0.690. The second-order valence-electron chi connectivity index (χ2n) is 13.0. The number of nitrogens with one attached hydrogen (secondary N) is 1. The van der Waals surface area contributed by atoms with Crippen molar-refractivity contribution in [1.82, 2.24) is 20.1 Å². The molecule has 1 aromatic carbocycles. The Hall–Kier alpha value is -1.82. The van der Waals surface area contributed by atoms with E-state index in [0.717, 1.165) is 47.1 Å². The summed E-state index contributed by atoms with van der Waals surface area (Å²) in [6.07, 6.45) is 12.6. The zero-order chi connectivity index (χ0) is 24.2. The van der Waals surface area contributed by atoms with Gasteiger partial charge in [0.25, 0.3) is 0 Å². The fourth-order valence-corrected chi connectivity index (χ4v) is 8.71. The zero-order valence-electron chi connectivity index (χ0n) is 21.6. The molecule has 7 rings (SSSR count). The summed E-state index contributed by atoms with van der Waals surface area (Å²) >= 11 is 1.57. The third kappa shape index (κ3) is 4.68. The van der Waals surface area contributed by atoms with Crippen LogP contribution < -0.4 is 5.32 Å². The molecule has 1 amide bonds. The molecule has 35 heavy (non-hydrogen) atoms. The molecule has 0 radical (unpaired) electrons. The van der Waals surface area contributed by atoms with Gasteiger partial charge in [-0.3, -0.25) is 9.36 Å². The predicted octanol–water partition coefficient (Wildman–Crippen LogP) is 6.53. The van der Waals surface area contributed by atoms with Crippen molar-refractivity contribution in [3.8, 4) is 11.4 Å². The fourth-order valence-electron chi connectivity index (χ4n) is 7.91. The lowest BCUT2D eigenvalue weighted by Crippen LogP contribution is -2.60. The monoisotopic (exact) mass is 492 g/mol. The minimum Gasteiger partial charge on any atom is -0.350 e. The summed E-state index contributed by atoms with van der Waals surface area (Å²) in [5.74, 6) is 4.07. The molecular weight excluding hydrogens is 452 g/mol. The summed E-state index contributed by atoms with van der Waals surface area (Å²) in [6.45, 7) is 6.73. The van der Waals surface area contributed by atoms with Gasteiger partial charge in [0.2, 0.25) is 5.91 Å². The summed E-state index contributed by atoms with van der Waals surface area (Å²) in [7, 11) is 0. The second kappa shape index (κ2) is 8.93. The lowest BCUT2D eigenvalue weighted by atomic mass is 9.53. The number of nitrogens with zero attached hydrogens (tertiary/aromatic N) is 3. The summed E-state index contributed by atoms with van der Waals surface area (Å²) in [4.78, 5) is 13.2. The molecule has 5 nitrogen and oxygen atoms in total. The van der Waals surface area contributed by atoms with Crippen molar-refractivity contribution in [2.24, 2.45) is 17.8 Å². The van der Waals surface area contributed by atoms with E-state index in [4.69, 9.17) is 0 Å². The predicted molar refractivity (Wildman–Crippen MR) is 141 cm³/mol. The molecule has 2 aromatic rings. The third-order valence-electron chi connectivity index (χ3n) is 9.14. The van der Waals surface area contributed by atoms with E-state index in [0.29, 0.717) is 11.8 Å². The molecule has 0 aliphatic heterocycles. The number of benzene rings is 1. The van der Waals surface area contributed by atoms with Crippen molar-refractivity contribution < 1.29 is 4.79 Å². The van der Waals surface area contributed by atoms with Gasteiger partial charge in [0.15, 0.2) is 11.0 Å². The van der Waals surface area contributed by atoms with Crippen LogP contribution in [0.2, 0.25) is 0 Å².